The molecule has 0 radical (unpaired) electrons. The smallest absolute Gasteiger partial charge is 0.240 e. The van der Waals surface area contributed by atoms with E-state index in [0.717, 1.165) is 0 Å². The molecule has 0 saturated carbocycles. The van der Waals surface area contributed by atoms with Crippen molar-refractivity contribution in [1.29, 1.82) is 0 Å². The first-order chi connectivity index (χ1) is 9.61. The van der Waals surface area contributed by atoms with Gasteiger partial charge in [-0.3, -0.25) is 0 Å². The van der Waals surface area contributed by atoms with Crippen LogP contribution in [0, 0.1) is 6.92 Å². The molecule has 118 valence electrons. The fourth-order valence-electron chi connectivity index (χ4n) is 2.21. The molecule has 1 heterocycles. The van der Waals surface area contributed by atoms with Crippen LogP contribution in [-0.4, -0.2) is 34.4 Å². The molecule has 1 aromatic rings. The monoisotopic (exact) mass is 352 g/mol. The second-order valence-electron chi connectivity index (χ2n) is 5.19. The third-order valence-electron chi connectivity index (χ3n) is 3.44. The molecule has 1 aliphatic rings. The maximum Gasteiger partial charge on any atom is 0.240 e. The highest BCUT2D eigenvalue weighted by Crippen LogP contribution is 2.27. The number of hydrogen-bond acceptors (Lipinski definition) is 5. The molecular formula is C12H17ClN2O4S2. The van der Waals surface area contributed by atoms with Gasteiger partial charge in [-0.25, -0.2) is 21.6 Å². The number of nitrogens with two attached hydrogens (primary N) is 1. The maximum atomic E-state index is 12.3. The fraction of sp³-hybridized carbons (Fsp3) is 0.500. The lowest BCUT2D eigenvalue weighted by Crippen LogP contribution is -2.40. The Morgan fingerprint density at radius 1 is 1.29 bits per heavy atom. The molecule has 1 saturated heterocycles. The number of hydrogen-bond donors (Lipinski definition) is 2. The highest BCUT2D eigenvalue weighted by Gasteiger charge is 2.28. The number of benzene rings is 1. The summed E-state index contributed by atoms with van der Waals surface area (Å²) in [5.74, 6) is 0.00391. The van der Waals surface area contributed by atoms with Crippen molar-refractivity contribution >= 4 is 37.1 Å². The molecule has 0 unspecified atom stereocenters. The van der Waals surface area contributed by atoms with Crippen LogP contribution in [0.3, 0.4) is 0 Å². The van der Waals surface area contributed by atoms with Crippen molar-refractivity contribution < 1.29 is 16.8 Å². The minimum absolute atomic E-state index is 0.00196. The van der Waals surface area contributed by atoms with E-state index in [9.17, 15) is 16.8 Å². The standard InChI is InChI=1S/C12H17ClN2O4S2/c1-8-6-10(7-11(14)12(8)13)21(18,19)15-9-2-4-20(16,17)5-3-9/h6-7,9,15H,2-5,14H2,1H3. The van der Waals surface area contributed by atoms with E-state index in [4.69, 9.17) is 17.3 Å². The van der Waals surface area contributed by atoms with E-state index in [1.807, 2.05) is 0 Å². The summed E-state index contributed by atoms with van der Waals surface area (Å²) in [5, 5.41) is 0.331. The van der Waals surface area contributed by atoms with E-state index in [2.05, 4.69) is 4.72 Å². The van der Waals surface area contributed by atoms with Crippen LogP contribution in [0.4, 0.5) is 5.69 Å². The second kappa shape index (κ2) is 5.75. The summed E-state index contributed by atoms with van der Waals surface area (Å²) in [6.07, 6.45) is 0.563. The molecule has 9 heteroatoms. The van der Waals surface area contributed by atoms with Gasteiger partial charge in [-0.1, -0.05) is 11.6 Å². The number of sulfone groups is 1. The molecule has 0 bridgehead atoms. The van der Waals surface area contributed by atoms with Gasteiger partial charge in [0.2, 0.25) is 10.0 Å². The van der Waals surface area contributed by atoms with E-state index in [-0.39, 0.29) is 41.0 Å². The van der Waals surface area contributed by atoms with Gasteiger partial charge in [-0.2, -0.15) is 0 Å². The van der Waals surface area contributed by atoms with Crippen LogP contribution < -0.4 is 10.5 Å². The summed E-state index contributed by atoms with van der Waals surface area (Å²) in [7, 11) is -6.77. The molecule has 0 amide bonds. The van der Waals surface area contributed by atoms with E-state index in [1.54, 1.807) is 6.92 Å². The summed E-state index contributed by atoms with van der Waals surface area (Å²) in [4.78, 5) is 0.0373. The number of nitrogen functional groups attached to an aromatic ring is 1. The van der Waals surface area contributed by atoms with E-state index >= 15 is 0 Å². The zero-order chi connectivity index (χ0) is 15.8. The largest absolute Gasteiger partial charge is 0.397 e. The van der Waals surface area contributed by atoms with Crippen LogP contribution in [0.5, 0.6) is 0 Å². The molecule has 1 aliphatic heterocycles. The summed E-state index contributed by atoms with van der Waals surface area (Å²) in [6, 6.07) is 2.37. The quantitative estimate of drug-likeness (QED) is 0.792. The van der Waals surface area contributed by atoms with Crippen LogP contribution in [0.1, 0.15) is 18.4 Å². The van der Waals surface area contributed by atoms with Gasteiger partial charge in [0.05, 0.1) is 27.1 Å². The molecule has 3 N–H and O–H groups in total. The van der Waals surface area contributed by atoms with Crippen LogP contribution in [-0.2, 0) is 19.9 Å². The Bertz CT molecular complexity index is 722. The average molecular weight is 353 g/mol. The Morgan fingerprint density at radius 3 is 2.38 bits per heavy atom. The lowest BCUT2D eigenvalue weighted by Gasteiger charge is -2.23. The molecule has 0 spiro atoms. The van der Waals surface area contributed by atoms with Crippen molar-refractivity contribution in [2.75, 3.05) is 17.2 Å². The molecule has 2 rings (SSSR count). The molecule has 21 heavy (non-hydrogen) atoms. The third kappa shape index (κ3) is 3.88. The van der Waals surface area contributed by atoms with Gasteiger partial charge in [-0.05, 0) is 37.5 Å². The Kier molecular flexibility index (Phi) is 4.53. The normalized spacial score (nSPS) is 19.5. The van der Waals surface area contributed by atoms with Crippen molar-refractivity contribution in [2.24, 2.45) is 0 Å². The summed E-state index contributed by atoms with van der Waals surface area (Å²) < 4.78 is 49.9. The van der Waals surface area contributed by atoms with Crippen molar-refractivity contribution in [1.82, 2.24) is 4.72 Å². The zero-order valence-corrected chi connectivity index (χ0v) is 13.9. The fourth-order valence-corrected chi connectivity index (χ4v) is 5.24. The predicted molar refractivity (Wildman–Crippen MR) is 82.6 cm³/mol. The summed E-state index contributed by atoms with van der Waals surface area (Å²) in [5.41, 5.74) is 6.45. The molecule has 1 aromatic carbocycles. The van der Waals surface area contributed by atoms with Crippen LogP contribution >= 0.6 is 11.6 Å². The molecule has 0 aliphatic carbocycles. The highest BCUT2D eigenvalue weighted by atomic mass is 35.5. The summed E-state index contributed by atoms with van der Waals surface area (Å²) in [6.45, 7) is 1.67. The first-order valence-corrected chi connectivity index (χ1v) is 10.1. The number of anilines is 1. The Hall–Kier alpha value is -0.830. The van der Waals surface area contributed by atoms with Crippen molar-refractivity contribution in [2.45, 2.75) is 30.7 Å². The first-order valence-electron chi connectivity index (χ1n) is 6.39. The van der Waals surface area contributed by atoms with Crippen LogP contribution in [0.2, 0.25) is 5.02 Å². The number of sulfonamides is 1. The van der Waals surface area contributed by atoms with E-state index < -0.39 is 19.9 Å². The van der Waals surface area contributed by atoms with Crippen LogP contribution in [0.25, 0.3) is 0 Å². The number of rotatable bonds is 3. The van der Waals surface area contributed by atoms with Gasteiger partial charge in [0.15, 0.2) is 0 Å². The average Bonchev–Trinajstić information content (AvgIpc) is 2.38. The lowest BCUT2D eigenvalue weighted by molar-refractivity contribution is 0.505. The topological polar surface area (TPSA) is 106 Å². The number of aryl methyl sites for hydroxylation is 1. The Balaban J connectivity index is 2.20. The van der Waals surface area contributed by atoms with Gasteiger partial charge in [-0.15, -0.1) is 0 Å². The zero-order valence-electron chi connectivity index (χ0n) is 11.5. The Morgan fingerprint density at radius 2 is 1.86 bits per heavy atom. The van der Waals surface area contributed by atoms with E-state index in [0.29, 0.717) is 10.6 Å². The van der Waals surface area contributed by atoms with Crippen LogP contribution in [0.15, 0.2) is 17.0 Å². The lowest BCUT2D eigenvalue weighted by atomic mass is 10.2. The van der Waals surface area contributed by atoms with Gasteiger partial charge >= 0.3 is 0 Å². The molecule has 0 aromatic heterocycles. The first kappa shape index (κ1) is 16.5. The SMILES string of the molecule is Cc1cc(S(=O)(=O)NC2CCS(=O)(=O)CC2)cc(N)c1Cl. The molecule has 1 fully saturated rings. The summed E-state index contributed by atoms with van der Waals surface area (Å²) >= 11 is 5.92. The van der Waals surface area contributed by atoms with Crippen molar-refractivity contribution in [3.05, 3.63) is 22.7 Å². The maximum absolute atomic E-state index is 12.3. The number of nitrogens with one attached hydrogen (secondary N) is 1. The molecular weight excluding hydrogens is 336 g/mol. The Labute approximate surface area is 129 Å². The third-order valence-corrected chi connectivity index (χ3v) is 7.17. The van der Waals surface area contributed by atoms with Crippen molar-refractivity contribution in [3.8, 4) is 0 Å². The van der Waals surface area contributed by atoms with Crippen molar-refractivity contribution in [3.63, 3.8) is 0 Å². The molecule has 6 nitrogen and oxygen atoms in total. The minimum Gasteiger partial charge on any atom is -0.397 e. The minimum atomic E-state index is -3.74. The predicted octanol–water partition coefficient (Wildman–Crippen LogP) is 1.09. The molecule has 0 atom stereocenters. The second-order valence-corrected chi connectivity index (χ2v) is 9.59. The van der Waals surface area contributed by atoms with Gasteiger partial charge in [0, 0.05) is 6.04 Å². The number of halogens is 1. The highest BCUT2D eigenvalue weighted by molar-refractivity contribution is 7.91. The van der Waals surface area contributed by atoms with Gasteiger partial charge in [0.25, 0.3) is 0 Å². The van der Waals surface area contributed by atoms with E-state index in [1.165, 1.54) is 12.1 Å². The van der Waals surface area contributed by atoms with Gasteiger partial charge in [0.1, 0.15) is 9.84 Å². The van der Waals surface area contributed by atoms with Gasteiger partial charge < -0.3 is 5.73 Å².